The number of carbonyl (C=O) groups is 2. The number of H-pyrrole nitrogens is 1. The second kappa shape index (κ2) is 6.90. The summed E-state index contributed by atoms with van der Waals surface area (Å²) in [5.74, 6) is -1.49. The molecule has 0 saturated heterocycles. The monoisotopic (exact) mass is 406 g/mol. The number of nitrogens with zero attached hydrogens (tertiary/aromatic N) is 2. The predicted molar refractivity (Wildman–Crippen MR) is 100 cm³/mol. The first-order chi connectivity index (χ1) is 13.0. The lowest BCUT2D eigenvalue weighted by atomic mass is 10.0. The minimum absolute atomic E-state index is 0.0306. The van der Waals surface area contributed by atoms with Gasteiger partial charge in [-0.3, -0.25) is 14.7 Å². The summed E-state index contributed by atoms with van der Waals surface area (Å²) in [6.45, 7) is 0. The van der Waals surface area contributed by atoms with Crippen LogP contribution in [0, 0.1) is 5.82 Å². The lowest BCUT2D eigenvalue weighted by Gasteiger charge is -2.13. The summed E-state index contributed by atoms with van der Waals surface area (Å²) < 4.78 is 13.9. The summed E-state index contributed by atoms with van der Waals surface area (Å²) in [7, 11) is 0. The molecule has 2 heterocycles. The van der Waals surface area contributed by atoms with Gasteiger partial charge in [0, 0.05) is 10.9 Å². The zero-order valence-electron chi connectivity index (χ0n) is 13.9. The molecule has 0 spiro atoms. The lowest BCUT2D eigenvalue weighted by Crippen LogP contribution is -2.18. The molecule has 0 radical (unpaired) electrons. The number of anilines is 1. The van der Waals surface area contributed by atoms with E-state index in [-0.39, 0.29) is 39.4 Å². The van der Waals surface area contributed by atoms with E-state index in [4.69, 9.17) is 23.2 Å². The Morgan fingerprint density at radius 3 is 2.81 bits per heavy atom. The zero-order valence-corrected chi connectivity index (χ0v) is 15.4. The summed E-state index contributed by atoms with van der Waals surface area (Å²) in [5, 5.41) is 9.46. The number of fused-ring (bicyclic) bond motifs is 1. The van der Waals surface area contributed by atoms with E-state index in [2.05, 4.69) is 20.5 Å². The molecule has 9 heteroatoms. The van der Waals surface area contributed by atoms with E-state index in [1.54, 1.807) is 6.07 Å². The van der Waals surface area contributed by atoms with Crippen LogP contribution in [0.5, 0.6) is 0 Å². The van der Waals surface area contributed by atoms with Crippen molar-refractivity contribution in [2.75, 3.05) is 11.2 Å². The number of aromatic nitrogens is 3. The second-order valence-electron chi connectivity index (χ2n) is 6.30. The highest BCUT2D eigenvalue weighted by Crippen LogP contribution is 2.44. The van der Waals surface area contributed by atoms with Gasteiger partial charge in [0.15, 0.2) is 0 Å². The number of aromatic amines is 1. The van der Waals surface area contributed by atoms with Crippen LogP contribution in [-0.4, -0.2) is 32.8 Å². The molecule has 2 N–H and O–H groups in total. The standard InChI is InChI=1S/C18H13Cl2FN4O2/c19-6-14(26)23-13-5-10(8-1-2-8)18(20)24-16(13)17(27)9-3-4-12(21)15-11(9)7-22-25-15/h3-5,7-8H,1-2,6H2,(H,22,25)(H,23,26). The maximum Gasteiger partial charge on any atom is 0.239 e. The number of ketones is 1. The predicted octanol–water partition coefficient (Wildman–Crippen LogP) is 4.04. The molecule has 1 aromatic carbocycles. The first-order valence-corrected chi connectivity index (χ1v) is 9.13. The van der Waals surface area contributed by atoms with E-state index in [1.807, 2.05) is 0 Å². The molecule has 138 valence electrons. The van der Waals surface area contributed by atoms with Crippen LogP contribution in [0.25, 0.3) is 10.9 Å². The smallest absolute Gasteiger partial charge is 0.239 e. The number of nitrogens with one attached hydrogen (secondary N) is 2. The SMILES string of the molecule is O=C(CCl)Nc1cc(C2CC2)c(Cl)nc1C(=O)c1ccc(F)c2[nH]ncc12. The highest BCUT2D eigenvalue weighted by Gasteiger charge is 2.30. The van der Waals surface area contributed by atoms with Gasteiger partial charge in [-0.25, -0.2) is 9.37 Å². The normalized spacial score (nSPS) is 13.7. The molecule has 1 amide bonds. The van der Waals surface area contributed by atoms with Gasteiger partial charge in [-0.1, -0.05) is 11.6 Å². The lowest BCUT2D eigenvalue weighted by molar-refractivity contribution is -0.113. The third-order valence-corrected chi connectivity index (χ3v) is 4.99. The largest absolute Gasteiger partial charge is 0.323 e. The summed E-state index contributed by atoms with van der Waals surface area (Å²) in [6, 6.07) is 4.19. The van der Waals surface area contributed by atoms with Gasteiger partial charge >= 0.3 is 0 Å². The molecule has 3 aromatic rings. The Labute approximate surface area is 163 Å². The summed E-state index contributed by atoms with van der Waals surface area (Å²) in [4.78, 5) is 29.2. The number of rotatable bonds is 5. The number of halogens is 3. The van der Waals surface area contributed by atoms with Crippen molar-refractivity contribution >= 4 is 51.5 Å². The Kier molecular flexibility index (Phi) is 4.57. The van der Waals surface area contributed by atoms with Crippen LogP contribution in [0.3, 0.4) is 0 Å². The number of pyridine rings is 1. The molecule has 1 aliphatic rings. The van der Waals surface area contributed by atoms with Gasteiger partial charge in [0.05, 0.1) is 11.9 Å². The summed E-state index contributed by atoms with van der Waals surface area (Å²) in [5.41, 5.74) is 1.30. The Bertz CT molecular complexity index is 1080. The van der Waals surface area contributed by atoms with Gasteiger partial charge in [-0.15, -0.1) is 11.6 Å². The Morgan fingerprint density at radius 1 is 1.33 bits per heavy atom. The molecule has 1 saturated carbocycles. The molecule has 0 unspecified atom stereocenters. The van der Waals surface area contributed by atoms with Crippen LogP contribution in [0.1, 0.15) is 40.4 Å². The van der Waals surface area contributed by atoms with E-state index < -0.39 is 17.5 Å². The molecule has 4 rings (SSSR count). The fourth-order valence-electron chi connectivity index (χ4n) is 2.97. The fourth-order valence-corrected chi connectivity index (χ4v) is 3.33. The van der Waals surface area contributed by atoms with Crippen molar-refractivity contribution < 1.29 is 14.0 Å². The minimum atomic E-state index is -0.523. The van der Waals surface area contributed by atoms with Gasteiger partial charge in [-0.2, -0.15) is 5.10 Å². The van der Waals surface area contributed by atoms with Crippen molar-refractivity contribution in [3.8, 4) is 0 Å². The van der Waals surface area contributed by atoms with Crippen molar-refractivity contribution in [1.82, 2.24) is 15.2 Å². The number of alkyl halides is 1. The topological polar surface area (TPSA) is 87.7 Å². The van der Waals surface area contributed by atoms with Crippen molar-refractivity contribution in [2.24, 2.45) is 0 Å². The third kappa shape index (κ3) is 3.28. The molecule has 0 atom stereocenters. The number of hydrogen-bond donors (Lipinski definition) is 2. The molecule has 6 nitrogen and oxygen atoms in total. The van der Waals surface area contributed by atoms with Gasteiger partial charge < -0.3 is 5.32 Å². The zero-order chi connectivity index (χ0) is 19.1. The molecular weight excluding hydrogens is 394 g/mol. The second-order valence-corrected chi connectivity index (χ2v) is 6.93. The Balaban J connectivity index is 1.84. The quantitative estimate of drug-likeness (QED) is 0.380. The van der Waals surface area contributed by atoms with Crippen LogP contribution in [-0.2, 0) is 4.79 Å². The van der Waals surface area contributed by atoms with Gasteiger partial charge in [-0.05, 0) is 42.5 Å². The van der Waals surface area contributed by atoms with Crippen molar-refractivity contribution in [3.63, 3.8) is 0 Å². The van der Waals surface area contributed by atoms with E-state index >= 15 is 0 Å². The molecule has 0 aliphatic heterocycles. The van der Waals surface area contributed by atoms with Crippen molar-refractivity contribution in [3.05, 3.63) is 52.2 Å². The van der Waals surface area contributed by atoms with Crippen molar-refractivity contribution in [2.45, 2.75) is 18.8 Å². The van der Waals surface area contributed by atoms with Crippen LogP contribution in [0.2, 0.25) is 5.15 Å². The van der Waals surface area contributed by atoms with E-state index in [1.165, 1.54) is 18.3 Å². The van der Waals surface area contributed by atoms with Crippen molar-refractivity contribution in [1.29, 1.82) is 0 Å². The maximum atomic E-state index is 13.9. The van der Waals surface area contributed by atoms with Gasteiger partial charge in [0.1, 0.15) is 28.1 Å². The Hall–Kier alpha value is -2.51. The molecule has 1 aliphatic carbocycles. The number of carbonyl (C=O) groups excluding carboxylic acids is 2. The van der Waals surface area contributed by atoms with Crippen LogP contribution >= 0.6 is 23.2 Å². The molecular formula is C18H13Cl2FN4O2. The van der Waals surface area contributed by atoms with E-state index in [0.29, 0.717) is 5.39 Å². The summed E-state index contributed by atoms with van der Waals surface area (Å²) in [6.07, 6.45) is 3.32. The number of hydrogen-bond acceptors (Lipinski definition) is 4. The average molecular weight is 407 g/mol. The van der Waals surface area contributed by atoms with Crippen LogP contribution in [0.15, 0.2) is 24.4 Å². The highest BCUT2D eigenvalue weighted by molar-refractivity contribution is 6.31. The molecule has 2 aromatic heterocycles. The Morgan fingerprint density at radius 2 is 2.11 bits per heavy atom. The van der Waals surface area contributed by atoms with Crippen LogP contribution < -0.4 is 5.32 Å². The minimum Gasteiger partial charge on any atom is -0.323 e. The maximum absolute atomic E-state index is 13.9. The highest BCUT2D eigenvalue weighted by atomic mass is 35.5. The third-order valence-electron chi connectivity index (χ3n) is 4.44. The van der Waals surface area contributed by atoms with E-state index in [0.717, 1.165) is 18.4 Å². The summed E-state index contributed by atoms with van der Waals surface area (Å²) >= 11 is 11.9. The fraction of sp³-hybridized carbons (Fsp3) is 0.222. The first-order valence-electron chi connectivity index (χ1n) is 8.22. The first kappa shape index (κ1) is 17.9. The number of amides is 1. The average Bonchev–Trinajstić information content (AvgIpc) is 3.38. The van der Waals surface area contributed by atoms with Gasteiger partial charge in [0.25, 0.3) is 0 Å². The van der Waals surface area contributed by atoms with Crippen LogP contribution in [0.4, 0.5) is 10.1 Å². The van der Waals surface area contributed by atoms with E-state index in [9.17, 15) is 14.0 Å². The van der Waals surface area contributed by atoms with Gasteiger partial charge in [0.2, 0.25) is 11.7 Å². The molecule has 27 heavy (non-hydrogen) atoms. The molecule has 1 fully saturated rings. The number of benzene rings is 1. The molecule has 0 bridgehead atoms.